The SMILES string of the molecule is CC/C=C\C/C=C\C/C=C\CCCCCCCCC(=O)OC(COC(=O)CCCCCCCCC/C=C\CCCCCCCC)COC(=O)CCCCCCCCCCCCCC. The Morgan fingerprint density at radius 2 is 0.619 bits per heavy atom. The number of carbonyl (C=O) groups excluding carboxylic acids is 3. The maximum absolute atomic E-state index is 12.8. The number of hydrogen-bond acceptors (Lipinski definition) is 6. The van der Waals surface area contributed by atoms with Gasteiger partial charge >= 0.3 is 17.9 Å². The summed E-state index contributed by atoms with van der Waals surface area (Å²) in [6.07, 6.45) is 62.3. The topological polar surface area (TPSA) is 78.9 Å². The molecule has 366 valence electrons. The standard InChI is InChI=1S/C57H102O6/c1-4-7-10-13-16-19-22-25-27-29-31-32-35-38-41-44-47-50-56(59)62-53-54(52-61-55(58)49-46-43-40-37-34-24-21-18-15-12-9-6-3)63-57(60)51-48-45-42-39-36-33-30-28-26-23-20-17-14-11-8-5-2/h8,11,17,20,25-28,54H,4-7,9-10,12-16,18-19,21-24,29-53H2,1-3H3/b11-8-,20-17-,27-25-,28-26-. The summed E-state index contributed by atoms with van der Waals surface area (Å²) < 4.78 is 16.8. The van der Waals surface area contributed by atoms with E-state index in [0.29, 0.717) is 19.3 Å². The van der Waals surface area contributed by atoms with Crippen molar-refractivity contribution in [3.63, 3.8) is 0 Å². The number of hydrogen-bond donors (Lipinski definition) is 0. The third kappa shape index (κ3) is 50.2. The van der Waals surface area contributed by atoms with Gasteiger partial charge in [0.1, 0.15) is 13.2 Å². The number of ether oxygens (including phenoxy) is 3. The van der Waals surface area contributed by atoms with Crippen LogP contribution >= 0.6 is 0 Å². The van der Waals surface area contributed by atoms with Crippen molar-refractivity contribution in [3.8, 4) is 0 Å². The first-order valence-corrected chi connectivity index (χ1v) is 27.1. The van der Waals surface area contributed by atoms with Gasteiger partial charge in [-0.25, -0.2) is 0 Å². The molecule has 0 amide bonds. The first-order chi connectivity index (χ1) is 31.0. The fraction of sp³-hybridized carbons (Fsp3) is 0.807. The van der Waals surface area contributed by atoms with Gasteiger partial charge < -0.3 is 14.2 Å². The Kier molecular flexibility index (Phi) is 49.8. The maximum atomic E-state index is 12.8. The number of carbonyl (C=O) groups is 3. The van der Waals surface area contributed by atoms with E-state index in [1.165, 1.54) is 148 Å². The third-order valence-corrected chi connectivity index (χ3v) is 11.8. The van der Waals surface area contributed by atoms with E-state index in [0.717, 1.165) is 89.9 Å². The van der Waals surface area contributed by atoms with Gasteiger partial charge in [0.05, 0.1) is 0 Å². The van der Waals surface area contributed by atoms with Crippen molar-refractivity contribution in [2.45, 2.75) is 284 Å². The molecule has 0 aliphatic rings. The van der Waals surface area contributed by atoms with Crippen LogP contribution in [0.5, 0.6) is 0 Å². The number of unbranched alkanes of at least 4 members (excludes halogenated alkanes) is 30. The zero-order valence-corrected chi connectivity index (χ0v) is 41.8. The molecule has 0 radical (unpaired) electrons. The van der Waals surface area contributed by atoms with Gasteiger partial charge in [0.25, 0.3) is 0 Å². The van der Waals surface area contributed by atoms with Crippen molar-refractivity contribution in [1.82, 2.24) is 0 Å². The molecular weight excluding hydrogens is 781 g/mol. The number of allylic oxidation sites excluding steroid dienone is 8. The lowest BCUT2D eigenvalue weighted by Crippen LogP contribution is -2.30. The summed E-state index contributed by atoms with van der Waals surface area (Å²) in [6, 6.07) is 0. The molecule has 0 saturated heterocycles. The highest BCUT2D eigenvalue weighted by Gasteiger charge is 2.19. The molecule has 0 aromatic rings. The maximum Gasteiger partial charge on any atom is 0.306 e. The number of rotatable bonds is 49. The lowest BCUT2D eigenvalue weighted by molar-refractivity contribution is -0.167. The Balaban J connectivity index is 4.37. The van der Waals surface area contributed by atoms with E-state index in [9.17, 15) is 14.4 Å². The summed E-state index contributed by atoms with van der Waals surface area (Å²) in [4.78, 5) is 38.0. The molecule has 0 spiro atoms. The van der Waals surface area contributed by atoms with Crippen LogP contribution in [0.4, 0.5) is 0 Å². The molecule has 0 aliphatic carbocycles. The van der Waals surface area contributed by atoms with Crippen LogP contribution < -0.4 is 0 Å². The molecule has 0 N–H and O–H groups in total. The van der Waals surface area contributed by atoms with E-state index in [1.54, 1.807) is 0 Å². The second kappa shape index (κ2) is 52.0. The summed E-state index contributed by atoms with van der Waals surface area (Å²) in [5.74, 6) is -0.885. The fourth-order valence-electron chi connectivity index (χ4n) is 7.75. The summed E-state index contributed by atoms with van der Waals surface area (Å²) in [7, 11) is 0. The average molecular weight is 883 g/mol. The largest absolute Gasteiger partial charge is 0.462 e. The molecular formula is C57H102O6. The number of esters is 3. The van der Waals surface area contributed by atoms with Crippen LogP contribution in [0.2, 0.25) is 0 Å². The molecule has 63 heavy (non-hydrogen) atoms. The molecule has 6 nitrogen and oxygen atoms in total. The Morgan fingerprint density at radius 3 is 0.984 bits per heavy atom. The highest BCUT2D eigenvalue weighted by atomic mass is 16.6. The molecule has 0 fully saturated rings. The summed E-state index contributed by atoms with van der Waals surface area (Å²) in [5, 5.41) is 0. The first-order valence-electron chi connectivity index (χ1n) is 27.1. The van der Waals surface area contributed by atoms with E-state index in [2.05, 4.69) is 69.4 Å². The molecule has 0 bridgehead atoms. The van der Waals surface area contributed by atoms with Crippen molar-refractivity contribution in [2.24, 2.45) is 0 Å². The predicted molar refractivity (Wildman–Crippen MR) is 270 cm³/mol. The summed E-state index contributed by atoms with van der Waals surface area (Å²) in [6.45, 7) is 6.53. The molecule has 0 aromatic carbocycles. The van der Waals surface area contributed by atoms with Gasteiger partial charge in [0.2, 0.25) is 0 Å². The molecule has 6 heteroatoms. The van der Waals surface area contributed by atoms with Gasteiger partial charge in [-0.05, 0) is 77.0 Å². The van der Waals surface area contributed by atoms with Crippen LogP contribution in [-0.2, 0) is 28.6 Å². The van der Waals surface area contributed by atoms with Crippen LogP contribution in [0.1, 0.15) is 278 Å². The zero-order chi connectivity index (χ0) is 45.8. The lowest BCUT2D eigenvalue weighted by Gasteiger charge is -2.18. The van der Waals surface area contributed by atoms with E-state index < -0.39 is 6.10 Å². The highest BCUT2D eigenvalue weighted by molar-refractivity contribution is 5.71. The van der Waals surface area contributed by atoms with Gasteiger partial charge in [0, 0.05) is 19.3 Å². The molecule has 0 rings (SSSR count). The Morgan fingerprint density at radius 1 is 0.333 bits per heavy atom. The highest BCUT2D eigenvalue weighted by Crippen LogP contribution is 2.15. The minimum atomic E-state index is -0.779. The van der Waals surface area contributed by atoms with Gasteiger partial charge in [-0.1, -0.05) is 230 Å². The van der Waals surface area contributed by atoms with Crippen molar-refractivity contribution >= 4 is 17.9 Å². The van der Waals surface area contributed by atoms with Crippen LogP contribution in [-0.4, -0.2) is 37.2 Å². The van der Waals surface area contributed by atoms with Gasteiger partial charge in [-0.2, -0.15) is 0 Å². The van der Waals surface area contributed by atoms with Crippen molar-refractivity contribution in [1.29, 1.82) is 0 Å². The van der Waals surface area contributed by atoms with Crippen molar-refractivity contribution in [2.75, 3.05) is 13.2 Å². The molecule has 1 atom stereocenters. The van der Waals surface area contributed by atoms with Crippen molar-refractivity contribution < 1.29 is 28.6 Å². The second-order valence-corrected chi connectivity index (χ2v) is 18.1. The Bertz CT molecular complexity index is 1110. The van der Waals surface area contributed by atoms with Crippen molar-refractivity contribution in [3.05, 3.63) is 48.6 Å². The average Bonchev–Trinajstić information content (AvgIpc) is 3.28. The second-order valence-electron chi connectivity index (χ2n) is 18.1. The molecule has 0 heterocycles. The molecule has 0 saturated carbocycles. The van der Waals surface area contributed by atoms with E-state index in [-0.39, 0.29) is 31.1 Å². The lowest BCUT2D eigenvalue weighted by atomic mass is 10.0. The van der Waals surface area contributed by atoms with Crippen LogP contribution in [0.25, 0.3) is 0 Å². The van der Waals surface area contributed by atoms with E-state index in [1.807, 2.05) is 0 Å². The quantitative estimate of drug-likeness (QED) is 0.0262. The smallest absolute Gasteiger partial charge is 0.306 e. The molecule has 0 aliphatic heterocycles. The molecule has 1 unspecified atom stereocenters. The van der Waals surface area contributed by atoms with Crippen LogP contribution in [0, 0.1) is 0 Å². The minimum Gasteiger partial charge on any atom is -0.462 e. The summed E-state index contributed by atoms with van der Waals surface area (Å²) in [5.41, 5.74) is 0. The van der Waals surface area contributed by atoms with E-state index in [4.69, 9.17) is 14.2 Å². The predicted octanol–water partition coefficient (Wildman–Crippen LogP) is 17.9. The molecule has 0 aromatic heterocycles. The normalized spacial score (nSPS) is 12.4. The van der Waals surface area contributed by atoms with Crippen LogP contribution in [0.15, 0.2) is 48.6 Å². The summed E-state index contributed by atoms with van der Waals surface area (Å²) >= 11 is 0. The Hall–Kier alpha value is -2.63. The minimum absolute atomic E-state index is 0.0773. The van der Waals surface area contributed by atoms with Gasteiger partial charge in [-0.3, -0.25) is 14.4 Å². The van der Waals surface area contributed by atoms with Gasteiger partial charge in [-0.15, -0.1) is 0 Å². The van der Waals surface area contributed by atoms with E-state index >= 15 is 0 Å². The van der Waals surface area contributed by atoms with Gasteiger partial charge in [0.15, 0.2) is 6.10 Å². The van der Waals surface area contributed by atoms with Crippen LogP contribution in [0.3, 0.4) is 0 Å². The first kappa shape index (κ1) is 60.4. The fourth-order valence-corrected chi connectivity index (χ4v) is 7.75. The zero-order valence-electron chi connectivity index (χ0n) is 41.8. The monoisotopic (exact) mass is 883 g/mol. The Labute approximate surface area is 390 Å². The third-order valence-electron chi connectivity index (χ3n) is 11.8.